The molecule has 0 aliphatic heterocycles. The number of halogens is 1. The molecule has 0 saturated heterocycles. The first-order chi connectivity index (χ1) is 11.7. The summed E-state index contributed by atoms with van der Waals surface area (Å²) in [5, 5.41) is 24.1. The molecule has 9 nitrogen and oxygen atoms in total. The lowest BCUT2D eigenvalue weighted by molar-refractivity contribution is 0.262. The van der Waals surface area contributed by atoms with Crippen LogP contribution in [0.15, 0.2) is 30.5 Å². The molecule has 2 heterocycles. The zero-order valence-electron chi connectivity index (χ0n) is 12.4. The predicted octanol–water partition coefficient (Wildman–Crippen LogP) is 2.56. The highest BCUT2D eigenvalue weighted by Crippen LogP contribution is 2.39. The summed E-state index contributed by atoms with van der Waals surface area (Å²) in [5.41, 5.74) is 1.20. The van der Waals surface area contributed by atoms with Gasteiger partial charge in [0.25, 0.3) is 0 Å². The first-order valence-electron chi connectivity index (χ1n) is 7.36. The van der Waals surface area contributed by atoms with E-state index in [2.05, 4.69) is 36.4 Å². The molecule has 0 radical (unpaired) electrons. The zero-order valence-corrected chi connectivity index (χ0v) is 13.2. The second-order valence-electron chi connectivity index (χ2n) is 5.44. The highest BCUT2D eigenvalue weighted by atomic mass is 35.5. The molecule has 0 spiro atoms. The highest BCUT2D eigenvalue weighted by molar-refractivity contribution is 6.32. The Morgan fingerprint density at radius 1 is 1.29 bits per heavy atom. The minimum absolute atomic E-state index is 0.372. The smallest absolute Gasteiger partial charge is 0.308 e. The summed E-state index contributed by atoms with van der Waals surface area (Å²) in [6.45, 7) is 0. The molecule has 4 rings (SSSR count). The van der Waals surface area contributed by atoms with Crippen molar-refractivity contribution in [2.24, 2.45) is 0 Å². The number of carbonyl (C=O) groups excluding carboxylic acids is 1. The molecule has 1 aromatic carbocycles. The third kappa shape index (κ3) is 2.93. The van der Waals surface area contributed by atoms with Gasteiger partial charge in [0.1, 0.15) is 5.82 Å². The summed E-state index contributed by atoms with van der Waals surface area (Å²) >= 11 is 6.28. The maximum Gasteiger partial charge on any atom is 0.324 e. The summed E-state index contributed by atoms with van der Waals surface area (Å²) in [7, 11) is 0. The van der Waals surface area contributed by atoms with E-state index in [1.165, 1.54) is 0 Å². The van der Waals surface area contributed by atoms with Crippen molar-refractivity contribution in [1.29, 1.82) is 0 Å². The Morgan fingerprint density at radius 3 is 2.92 bits per heavy atom. The summed E-state index contributed by atoms with van der Waals surface area (Å²) in [6.07, 6.45) is 3.69. The van der Waals surface area contributed by atoms with Crippen LogP contribution in [0.3, 0.4) is 0 Å². The fourth-order valence-electron chi connectivity index (χ4n) is 2.32. The summed E-state index contributed by atoms with van der Waals surface area (Å²) in [6, 6.07) is 6.39. The molecule has 2 amide bonds. The van der Waals surface area contributed by atoms with Gasteiger partial charge in [-0.25, -0.2) is 4.79 Å². The van der Waals surface area contributed by atoms with Crippen molar-refractivity contribution in [2.45, 2.75) is 18.8 Å². The van der Waals surface area contributed by atoms with Gasteiger partial charge in [0.05, 0.1) is 16.9 Å². The van der Waals surface area contributed by atoms with E-state index in [-0.39, 0.29) is 0 Å². The van der Waals surface area contributed by atoms with Gasteiger partial charge in [-0.15, -0.1) is 5.10 Å². The number of amides is 2. The predicted molar refractivity (Wildman–Crippen MR) is 87.4 cm³/mol. The van der Waals surface area contributed by atoms with Crippen LogP contribution in [0.1, 0.15) is 24.6 Å². The van der Waals surface area contributed by atoms with Crippen molar-refractivity contribution >= 4 is 29.1 Å². The summed E-state index contributed by atoms with van der Waals surface area (Å²) in [4.78, 5) is 12.0. The number of aromatic nitrogens is 6. The number of H-pyrrole nitrogens is 1. The normalized spacial score (nSPS) is 13.7. The van der Waals surface area contributed by atoms with Gasteiger partial charge in [-0.2, -0.15) is 9.78 Å². The number of tetrazole rings is 1. The Kier molecular flexibility index (Phi) is 3.62. The molecule has 1 aliphatic carbocycles. The van der Waals surface area contributed by atoms with Gasteiger partial charge in [0, 0.05) is 17.7 Å². The van der Waals surface area contributed by atoms with E-state index in [9.17, 15) is 4.79 Å². The quantitative estimate of drug-likeness (QED) is 0.673. The fourth-order valence-corrected chi connectivity index (χ4v) is 2.52. The van der Waals surface area contributed by atoms with Crippen LogP contribution in [0.4, 0.5) is 16.3 Å². The van der Waals surface area contributed by atoms with Crippen molar-refractivity contribution < 1.29 is 4.79 Å². The number of nitrogens with one attached hydrogen (secondary N) is 3. The number of benzene rings is 1. The minimum Gasteiger partial charge on any atom is -0.308 e. The van der Waals surface area contributed by atoms with Gasteiger partial charge in [-0.3, -0.25) is 10.4 Å². The molecule has 122 valence electrons. The van der Waals surface area contributed by atoms with E-state index >= 15 is 0 Å². The van der Waals surface area contributed by atoms with Crippen LogP contribution in [0.5, 0.6) is 0 Å². The van der Waals surface area contributed by atoms with Gasteiger partial charge >= 0.3 is 6.03 Å². The number of aromatic amines is 1. The van der Waals surface area contributed by atoms with Crippen molar-refractivity contribution in [3.05, 3.63) is 41.3 Å². The fraction of sp³-hybridized carbons (Fsp3) is 0.214. The maximum atomic E-state index is 12.0. The van der Waals surface area contributed by atoms with E-state index in [1.807, 2.05) is 0 Å². The average molecular weight is 345 g/mol. The number of hydrogen-bond donors (Lipinski definition) is 3. The molecule has 1 fully saturated rings. The van der Waals surface area contributed by atoms with E-state index < -0.39 is 6.03 Å². The van der Waals surface area contributed by atoms with Gasteiger partial charge < -0.3 is 5.32 Å². The number of rotatable bonds is 4. The first kappa shape index (κ1) is 14.6. The molecule has 3 N–H and O–H groups in total. The van der Waals surface area contributed by atoms with Crippen LogP contribution in [0.2, 0.25) is 5.02 Å². The molecule has 10 heteroatoms. The SMILES string of the molecule is O=C(Nc1ccc(Cl)c(-n2nnnc2C2CC2)c1)Nc1ccn[nH]1. The largest absolute Gasteiger partial charge is 0.324 e. The second-order valence-corrected chi connectivity index (χ2v) is 5.85. The van der Waals surface area contributed by atoms with Gasteiger partial charge in [-0.1, -0.05) is 11.6 Å². The Labute approximate surface area is 141 Å². The van der Waals surface area contributed by atoms with E-state index in [4.69, 9.17) is 11.6 Å². The molecule has 2 aromatic heterocycles. The zero-order chi connectivity index (χ0) is 16.5. The van der Waals surface area contributed by atoms with E-state index in [0.29, 0.717) is 28.1 Å². The van der Waals surface area contributed by atoms with Crippen molar-refractivity contribution in [1.82, 2.24) is 30.4 Å². The van der Waals surface area contributed by atoms with Crippen molar-refractivity contribution in [3.8, 4) is 5.69 Å². The molecular formula is C14H13ClN8O. The van der Waals surface area contributed by atoms with Gasteiger partial charge in [-0.05, 0) is 41.5 Å². The molecular weight excluding hydrogens is 332 g/mol. The Balaban J connectivity index is 1.57. The third-order valence-corrected chi connectivity index (χ3v) is 3.94. The number of urea groups is 1. The lowest BCUT2D eigenvalue weighted by Gasteiger charge is -2.10. The molecule has 0 bridgehead atoms. The molecule has 1 saturated carbocycles. The average Bonchev–Trinajstić information content (AvgIpc) is 3.07. The molecule has 3 aromatic rings. The van der Waals surface area contributed by atoms with Crippen molar-refractivity contribution in [3.63, 3.8) is 0 Å². The number of carbonyl (C=O) groups is 1. The van der Waals surface area contributed by atoms with Crippen LogP contribution >= 0.6 is 11.6 Å². The highest BCUT2D eigenvalue weighted by Gasteiger charge is 2.30. The topological polar surface area (TPSA) is 113 Å². The summed E-state index contributed by atoms with van der Waals surface area (Å²) < 4.78 is 1.62. The minimum atomic E-state index is -0.397. The number of anilines is 2. The maximum absolute atomic E-state index is 12.0. The monoisotopic (exact) mass is 344 g/mol. The lowest BCUT2D eigenvalue weighted by Crippen LogP contribution is -2.19. The molecule has 0 atom stereocenters. The molecule has 1 aliphatic rings. The molecule has 0 unspecified atom stereocenters. The number of hydrogen-bond acceptors (Lipinski definition) is 5. The van der Waals surface area contributed by atoms with Crippen LogP contribution in [0.25, 0.3) is 5.69 Å². The standard InChI is InChI=1S/C14H13ClN8O/c15-10-4-3-9(17-14(24)18-12-5-6-16-19-12)7-11(10)23-13(8-1-2-8)20-21-22-23/h3-8H,1-2H2,(H3,16,17,18,19,24). The molecule has 24 heavy (non-hydrogen) atoms. The number of nitrogens with zero attached hydrogens (tertiary/aromatic N) is 5. The summed E-state index contributed by atoms with van der Waals surface area (Å²) in [5.74, 6) is 1.66. The van der Waals surface area contributed by atoms with Crippen LogP contribution < -0.4 is 10.6 Å². The second kappa shape index (κ2) is 5.93. The van der Waals surface area contributed by atoms with Crippen LogP contribution in [-0.2, 0) is 0 Å². The van der Waals surface area contributed by atoms with Gasteiger partial charge in [0.2, 0.25) is 0 Å². The first-order valence-corrected chi connectivity index (χ1v) is 7.74. The Hall–Kier alpha value is -2.94. The Bertz CT molecular complexity index is 871. The van der Waals surface area contributed by atoms with Gasteiger partial charge in [0.15, 0.2) is 5.82 Å². The van der Waals surface area contributed by atoms with E-state index in [1.54, 1.807) is 35.1 Å². The third-order valence-electron chi connectivity index (χ3n) is 3.62. The Morgan fingerprint density at radius 2 is 2.17 bits per heavy atom. The van der Waals surface area contributed by atoms with Crippen LogP contribution in [0, 0.1) is 0 Å². The van der Waals surface area contributed by atoms with E-state index in [0.717, 1.165) is 18.7 Å². The van der Waals surface area contributed by atoms with Crippen LogP contribution in [-0.4, -0.2) is 36.4 Å². The lowest BCUT2D eigenvalue weighted by atomic mass is 10.2. The van der Waals surface area contributed by atoms with Crippen molar-refractivity contribution in [2.75, 3.05) is 10.6 Å².